The van der Waals surface area contributed by atoms with Crippen LogP contribution in [0, 0.1) is 0 Å². The highest BCUT2D eigenvalue weighted by Gasteiger charge is 2.39. The number of allylic oxidation sites excluding steroid dienone is 1. The molecule has 0 aromatic heterocycles. The van der Waals surface area contributed by atoms with Crippen molar-refractivity contribution >= 4 is 12.0 Å². The molecule has 0 unspecified atom stereocenters. The predicted molar refractivity (Wildman–Crippen MR) is 54.1 cm³/mol. The van der Waals surface area contributed by atoms with E-state index in [1.807, 2.05) is 13.8 Å². The second-order valence-electron chi connectivity index (χ2n) is 3.78. The molecule has 0 amide bonds. The fourth-order valence-corrected chi connectivity index (χ4v) is 1.38. The normalized spacial score (nSPS) is 17.2. The lowest BCUT2D eigenvalue weighted by molar-refractivity contribution is -0.107. The lowest BCUT2D eigenvalue weighted by Crippen LogP contribution is -2.35. The quantitative estimate of drug-likeness (QED) is 0.701. The molecular formula is C10H13F3N2O. The van der Waals surface area contributed by atoms with Crippen LogP contribution >= 0.6 is 0 Å². The van der Waals surface area contributed by atoms with Gasteiger partial charge in [-0.1, -0.05) is 0 Å². The second kappa shape index (κ2) is 4.67. The topological polar surface area (TPSA) is 32.7 Å². The maximum atomic E-state index is 12.5. The smallest absolute Gasteiger partial charge is 0.356 e. The summed E-state index contributed by atoms with van der Waals surface area (Å²) in [5.74, 6) is 0. The van der Waals surface area contributed by atoms with Gasteiger partial charge in [-0.2, -0.15) is 13.2 Å². The van der Waals surface area contributed by atoms with Gasteiger partial charge >= 0.3 is 6.18 Å². The molecule has 0 aromatic carbocycles. The van der Waals surface area contributed by atoms with Gasteiger partial charge in [0.05, 0.1) is 0 Å². The summed E-state index contributed by atoms with van der Waals surface area (Å²) in [6.45, 7) is 3.68. The first-order valence-electron chi connectivity index (χ1n) is 4.88. The number of alkyl halides is 3. The first-order chi connectivity index (χ1) is 7.36. The van der Waals surface area contributed by atoms with Crippen LogP contribution < -0.4 is 0 Å². The lowest BCUT2D eigenvalue weighted by atomic mass is 10.1. The Labute approximate surface area is 91.6 Å². The fourth-order valence-electron chi connectivity index (χ4n) is 1.38. The Bertz CT molecular complexity index is 331. The summed E-state index contributed by atoms with van der Waals surface area (Å²) >= 11 is 0. The summed E-state index contributed by atoms with van der Waals surface area (Å²) in [5.41, 5.74) is -1.00. The van der Waals surface area contributed by atoms with E-state index >= 15 is 0 Å². The first kappa shape index (κ1) is 12.7. The highest BCUT2D eigenvalue weighted by molar-refractivity contribution is 6.06. The van der Waals surface area contributed by atoms with Crippen molar-refractivity contribution < 1.29 is 18.0 Å². The van der Waals surface area contributed by atoms with Gasteiger partial charge in [0, 0.05) is 24.2 Å². The molecule has 0 saturated carbocycles. The monoisotopic (exact) mass is 234 g/mol. The Morgan fingerprint density at radius 3 is 2.62 bits per heavy atom. The van der Waals surface area contributed by atoms with Crippen LogP contribution in [0.25, 0.3) is 0 Å². The van der Waals surface area contributed by atoms with Crippen LogP contribution in [0.4, 0.5) is 13.2 Å². The van der Waals surface area contributed by atoms with Crippen molar-refractivity contribution in [2.75, 3.05) is 6.67 Å². The molecule has 0 bridgehead atoms. The average Bonchev–Trinajstić information content (AvgIpc) is 2.16. The van der Waals surface area contributed by atoms with Crippen molar-refractivity contribution in [1.82, 2.24) is 4.90 Å². The largest absolute Gasteiger partial charge is 0.433 e. The van der Waals surface area contributed by atoms with Crippen LogP contribution in [0.2, 0.25) is 0 Å². The number of hydrogen-bond donors (Lipinski definition) is 0. The van der Waals surface area contributed by atoms with Crippen molar-refractivity contribution in [2.24, 2.45) is 4.99 Å². The Hall–Kier alpha value is -1.33. The van der Waals surface area contributed by atoms with Gasteiger partial charge in [-0.25, -0.2) is 0 Å². The molecule has 1 rings (SSSR count). The molecule has 1 aliphatic heterocycles. The molecule has 1 heterocycles. The summed E-state index contributed by atoms with van der Waals surface area (Å²) in [7, 11) is 0. The Morgan fingerprint density at radius 1 is 1.56 bits per heavy atom. The molecule has 16 heavy (non-hydrogen) atoms. The number of aliphatic imine (C=N–C) groups is 1. The van der Waals surface area contributed by atoms with Gasteiger partial charge < -0.3 is 9.69 Å². The zero-order chi connectivity index (χ0) is 12.3. The minimum atomic E-state index is -4.49. The van der Waals surface area contributed by atoms with Crippen LogP contribution in [0.15, 0.2) is 16.8 Å². The van der Waals surface area contributed by atoms with E-state index in [9.17, 15) is 18.0 Å². The molecule has 0 atom stereocenters. The van der Waals surface area contributed by atoms with E-state index in [-0.39, 0.29) is 24.7 Å². The van der Waals surface area contributed by atoms with Gasteiger partial charge in [-0.15, -0.1) is 0 Å². The van der Waals surface area contributed by atoms with Crippen molar-refractivity contribution in [2.45, 2.75) is 32.5 Å². The third kappa shape index (κ3) is 2.84. The van der Waals surface area contributed by atoms with Crippen molar-refractivity contribution in [1.29, 1.82) is 0 Å². The summed E-state index contributed by atoms with van der Waals surface area (Å²) in [6, 6.07) is 0.0557. The SMILES string of the molecule is CC(C)N1C=C(CC=O)C(C(F)(F)F)=NC1. The number of aldehydes is 1. The molecule has 0 spiro atoms. The Balaban J connectivity index is 2.97. The highest BCUT2D eigenvalue weighted by atomic mass is 19.4. The van der Waals surface area contributed by atoms with E-state index in [0.29, 0.717) is 6.29 Å². The van der Waals surface area contributed by atoms with Crippen LogP contribution in [0.1, 0.15) is 20.3 Å². The lowest BCUT2D eigenvalue weighted by Gasteiger charge is -2.29. The van der Waals surface area contributed by atoms with E-state index in [0.717, 1.165) is 0 Å². The maximum Gasteiger partial charge on any atom is 0.433 e. The van der Waals surface area contributed by atoms with Gasteiger partial charge in [-0.05, 0) is 13.8 Å². The fraction of sp³-hybridized carbons (Fsp3) is 0.600. The van der Waals surface area contributed by atoms with Gasteiger partial charge in [0.15, 0.2) is 0 Å². The van der Waals surface area contributed by atoms with Crippen LogP contribution in [-0.2, 0) is 4.79 Å². The number of halogens is 3. The van der Waals surface area contributed by atoms with Crippen molar-refractivity contribution in [3.05, 3.63) is 11.8 Å². The number of rotatable bonds is 3. The zero-order valence-corrected chi connectivity index (χ0v) is 9.08. The molecule has 0 saturated heterocycles. The van der Waals surface area contributed by atoms with E-state index in [1.54, 1.807) is 4.90 Å². The van der Waals surface area contributed by atoms with Crippen molar-refractivity contribution in [3.63, 3.8) is 0 Å². The minimum absolute atomic E-state index is 0.0190. The summed E-state index contributed by atoms with van der Waals surface area (Å²) in [6.07, 6.45) is -2.93. The molecule has 90 valence electrons. The average molecular weight is 234 g/mol. The first-order valence-corrected chi connectivity index (χ1v) is 4.88. The van der Waals surface area contributed by atoms with Crippen LogP contribution in [0.3, 0.4) is 0 Å². The van der Waals surface area contributed by atoms with Crippen molar-refractivity contribution in [3.8, 4) is 0 Å². The summed E-state index contributed by atoms with van der Waals surface area (Å²) in [5, 5.41) is 0. The summed E-state index contributed by atoms with van der Waals surface area (Å²) < 4.78 is 37.6. The van der Waals surface area contributed by atoms with E-state index in [2.05, 4.69) is 4.99 Å². The van der Waals surface area contributed by atoms with E-state index in [4.69, 9.17) is 0 Å². The number of carbonyl (C=O) groups excluding carboxylic acids is 1. The van der Waals surface area contributed by atoms with Gasteiger partial charge in [0.25, 0.3) is 0 Å². The van der Waals surface area contributed by atoms with Crippen LogP contribution in [0.5, 0.6) is 0 Å². The third-order valence-corrected chi connectivity index (χ3v) is 2.25. The standard InChI is InChI=1S/C10H13F3N2O/c1-7(2)15-5-8(3-4-16)9(14-6-15)10(11,12)13/h4-5,7H,3,6H2,1-2H3. The minimum Gasteiger partial charge on any atom is -0.356 e. The highest BCUT2D eigenvalue weighted by Crippen LogP contribution is 2.26. The summed E-state index contributed by atoms with van der Waals surface area (Å²) in [4.78, 5) is 15.5. The molecule has 0 N–H and O–H groups in total. The van der Waals surface area contributed by atoms with Crippen LogP contribution in [-0.4, -0.2) is 35.8 Å². The van der Waals surface area contributed by atoms with Gasteiger partial charge in [0.1, 0.15) is 18.7 Å². The molecular weight excluding hydrogens is 221 g/mol. The zero-order valence-electron chi connectivity index (χ0n) is 9.08. The Kier molecular flexibility index (Phi) is 3.72. The van der Waals surface area contributed by atoms with E-state index in [1.165, 1.54) is 6.20 Å². The van der Waals surface area contributed by atoms with Gasteiger partial charge in [0.2, 0.25) is 0 Å². The number of hydrogen-bond acceptors (Lipinski definition) is 3. The number of carbonyl (C=O) groups is 1. The Morgan fingerprint density at radius 2 is 2.19 bits per heavy atom. The molecule has 3 nitrogen and oxygen atoms in total. The number of nitrogens with zero attached hydrogens (tertiary/aromatic N) is 2. The second-order valence-corrected chi connectivity index (χ2v) is 3.78. The molecule has 6 heteroatoms. The molecule has 0 aliphatic carbocycles. The molecule has 0 radical (unpaired) electrons. The maximum absolute atomic E-state index is 12.5. The van der Waals surface area contributed by atoms with E-state index < -0.39 is 11.9 Å². The molecule has 0 aromatic rings. The molecule has 1 aliphatic rings. The molecule has 0 fully saturated rings. The van der Waals surface area contributed by atoms with Gasteiger partial charge in [-0.3, -0.25) is 4.99 Å². The third-order valence-electron chi connectivity index (χ3n) is 2.25. The predicted octanol–water partition coefficient (Wildman–Crippen LogP) is 2.14.